The maximum absolute atomic E-state index is 13.0. The molecule has 1 aliphatic heterocycles. The lowest BCUT2D eigenvalue weighted by Gasteiger charge is -2.38. The number of piperazine rings is 1. The molecule has 1 aromatic heterocycles. The van der Waals surface area contributed by atoms with Gasteiger partial charge in [0.2, 0.25) is 11.8 Å². The number of rotatable bonds is 3. The molecule has 0 amide bonds. The standard InChI is InChI=1S/C15H19FN4O/c1-11(15-18-17-12(2)21-15)19-7-9-20(10-8-19)14-5-3-13(16)4-6-14/h3-6,11H,7-10H2,1-2H3/t11-/m0/s1. The van der Waals surface area contributed by atoms with Crippen LogP contribution >= 0.6 is 0 Å². The quantitative estimate of drug-likeness (QED) is 0.868. The van der Waals surface area contributed by atoms with Gasteiger partial charge in [-0.2, -0.15) is 0 Å². The molecule has 0 bridgehead atoms. The summed E-state index contributed by atoms with van der Waals surface area (Å²) >= 11 is 0. The van der Waals surface area contributed by atoms with Crippen LogP contribution in [0.15, 0.2) is 28.7 Å². The number of hydrogen-bond acceptors (Lipinski definition) is 5. The summed E-state index contributed by atoms with van der Waals surface area (Å²) in [6, 6.07) is 6.80. The Labute approximate surface area is 123 Å². The molecule has 2 heterocycles. The topological polar surface area (TPSA) is 45.4 Å². The predicted molar refractivity (Wildman–Crippen MR) is 77.6 cm³/mol. The second kappa shape index (κ2) is 5.81. The van der Waals surface area contributed by atoms with Crippen molar-refractivity contribution in [1.29, 1.82) is 0 Å². The fourth-order valence-electron chi connectivity index (χ4n) is 2.66. The molecule has 1 aromatic carbocycles. The van der Waals surface area contributed by atoms with Crippen LogP contribution in [-0.2, 0) is 0 Å². The van der Waals surface area contributed by atoms with Crippen molar-refractivity contribution in [3.63, 3.8) is 0 Å². The molecule has 0 aliphatic carbocycles. The van der Waals surface area contributed by atoms with Gasteiger partial charge in [0.05, 0.1) is 6.04 Å². The van der Waals surface area contributed by atoms with Crippen LogP contribution in [-0.4, -0.2) is 41.3 Å². The van der Waals surface area contributed by atoms with Crippen LogP contribution in [0, 0.1) is 12.7 Å². The molecule has 1 aliphatic rings. The Morgan fingerprint density at radius 2 is 1.76 bits per heavy atom. The van der Waals surface area contributed by atoms with Crippen molar-refractivity contribution < 1.29 is 8.81 Å². The molecule has 1 saturated heterocycles. The molecule has 0 N–H and O–H groups in total. The highest BCUT2D eigenvalue weighted by Gasteiger charge is 2.25. The van der Waals surface area contributed by atoms with E-state index in [1.54, 1.807) is 6.92 Å². The van der Waals surface area contributed by atoms with Gasteiger partial charge in [0.15, 0.2) is 0 Å². The minimum absolute atomic E-state index is 0.126. The lowest BCUT2D eigenvalue weighted by molar-refractivity contribution is 0.172. The molecule has 21 heavy (non-hydrogen) atoms. The predicted octanol–water partition coefficient (Wildman–Crippen LogP) is 2.40. The zero-order valence-electron chi connectivity index (χ0n) is 12.3. The maximum atomic E-state index is 13.0. The van der Waals surface area contributed by atoms with E-state index in [0.29, 0.717) is 11.8 Å². The first kappa shape index (κ1) is 14.0. The summed E-state index contributed by atoms with van der Waals surface area (Å²) in [7, 11) is 0. The van der Waals surface area contributed by atoms with Crippen LogP contribution in [0.25, 0.3) is 0 Å². The van der Waals surface area contributed by atoms with Gasteiger partial charge < -0.3 is 9.32 Å². The summed E-state index contributed by atoms with van der Waals surface area (Å²) in [6.07, 6.45) is 0. The second-order valence-electron chi connectivity index (χ2n) is 5.33. The van der Waals surface area contributed by atoms with Gasteiger partial charge in [-0.3, -0.25) is 4.90 Å². The minimum atomic E-state index is -0.197. The summed E-state index contributed by atoms with van der Waals surface area (Å²) in [4.78, 5) is 4.59. The summed E-state index contributed by atoms with van der Waals surface area (Å²) < 4.78 is 18.5. The minimum Gasteiger partial charge on any atom is -0.424 e. The van der Waals surface area contributed by atoms with Gasteiger partial charge in [0.25, 0.3) is 0 Å². The van der Waals surface area contributed by atoms with Crippen LogP contribution < -0.4 is 4.90 Å². The molecular weight excluding hydrogens is 271 g/mol. The molecular formula is C15H19FN4O. The Morgan fingerprint density at radius 3 is 2.33 bits per heavy atom. The molecule has 6 heteroatoms. The highest BCUT2D eigenvalue weighted by Crippen LogP contribution is 2.23. The first-order chi connectivity index (χ1) is 10.1. The Balaban J connectivity index is 1.61. The van der Waals surface area contributed by atoms with E-state index < -0.39 is 0 Å². The SMILES string of the molecule is Cc1nnc([C@H](C)N2CCN(c3ccc(F)cc3)CC2)o1. The van der Waals surface area contributed by atoms with Gasteiger partial charge in [-0.25, -0.2) is 4.39 Å². The molecule has 3 rings (SSSR count). The summed E-state index contributed by atoms with van der Waals surface area (Å²) in [5, 5.41) is 7.98. The Morgan fingerprint density at radius 1 is 1.10 bits per heavy atom. The Hall–Kier alpha value is -1.95. The van der Waals surface area contributed by atoms with E-state index in [2.05, 4.69) is 26.9 Å². The van der Waals surface area contributed by atoms with Crippen molar-refractivity contribution in [2.24, 2.45) is 0 Å². The van der Waals surface area contributed by atoms with E-state index in [0.717, 1.165) is 31.9 Å². The zero-order chi connectivity index (χ0) is 14.8. The number of anilines is 1. The monoisotopic (exact) mass is 290 g/mol. The van der Waals surface area contributed by atoms with Gasteiger partial charge in [-0.05, 0) is 31.2 Å². The van der Waals surface area contributed by atoms with Crippen molar-refractivity contribution in [3.05, 3.63) is 41.9 Å². The van der Waals surface area contributed by atoms with Crippen molar-refractivity contribution in [2.75, 3.05) is 31.1 Å². The van der Waals surface area contributed by atoms with E-state index in [4.69, 9.17) is 4.42 Å². The fraction of sp³-hybridized carbons (Fsp3) is 0.467. The fourth-order valence-corrected chi connectivity index (χ4v) is 2.66. The van der Waals surface area contributed by atoms with E-state index in [1.807, 2.05) is 12.1 Å². The van der Waals surface area contributed by atoms with Crippen LogP contribution in [0.2, 0.25) is 0 Å². The van der Waals surface area contributed by atoms with Crippen LogP contribution in [0.3, 0.4) is 0 Å². The number of halogens is 1. The van der Waals surface area contributed by atoms with Crippen molar-refractivity contribution >= 4 is 5.69 Å². The molecule has 0 spiro atoms. The second-order valence-corrected chi connectivity index (χ2v) is 5.33. The number of hydrogen-bond donors (Lipinski definition) is 0. The van der Waals surface area contributed by atoms with Crippen molar-refractivity contribution in [1.82, 2.24) is 15.1 Å². The van der Waals surface area contributed by atoms with Gasteiger partial charge in [-0.1, -0.05) is 0 Å². The van der Waals surface area contributed by atoms with E-state index in [9.17, 15) is 4.39 Å². The third-order valence-corrected chi connectivity index (χ3v) is 3.95. The molecule has 0 radical (unpaired) electrons. The molecule has 112 valence electrons. The molecule has 2 aromatic rings. The van der Waals surface area contributed by atoms with Crippen molar-refractivity contribution in [3.8, 4) is 0 Å². The zero-order valence-corrected chi connectivity index (χ0v) is 12.3. The summed E-state index contributed by atoms with van der Waals surface area (Å²) in [5.41, 5.74) is 1.07. The number of aromatic nitrogens is 2. The number of aryl methyl sites for hydroxylation is 1. The highest BCUT2D eigenvalue weighted by atomic mass is 19.1. The first-order valence-electron chi connectivity index (χ1n) is 7.18. The highest BCUT2D eigenvalue weighted by molar-refractivity contribution is 5.46. The molecule has 0 saturated carbocycles. The van der Waals surface area contributed by atoms with Crippen LogP contribution in [0.5, 0.6) is 0 Å². The normalized spacial score (nSPS) is 18.0. The molecule has 5 nitrogen and oxygen atoms in total. The summed E-state index contributed by atoms with van der Waals surface area (Å²) in [5.74, 6) is 1.07. The third-order valence-electron chi connectivity index (χ3n) is 3.95. The number of nitrogens with zero attached hydrogens (tertiary/aromatic N) is 4. The summed E-state index contributed by atoms with van der Waals surface area (Å²) in [6.45, 7) is 7.53. The van der Waals surface area contributed by atoms with E-state index >= 15 is 0 Å². The van der Waals surface area contributed by atoms with Gasteiger partial charge in [0.1, 0.15) is 5.82 Å². The molecule has 1 atom stereocenters. The van der Waals surface area contributed by atoms with Gasteiger partial charge >= 0.3 is 0 Å². The van der Waals surface area contributed by atoms with Crippen molar-refractivity contribution in [2.45, 2.75) is 19.9 Å². The number of benzene rings is 1. The van der Waals surface area contributed by atoms with Crippen LogP contribution in [0.1, 0.15) is 24.7 Å². The lowest BCUT2D eigenvalue weighted by atomic mass is 10.2. The Kier molecular flexibility index (Phi) is 3.88. The third kappa shape index (κ3) is 3.05. The van der Waals surface area contributed by atoms with E-state index in [1.165, 1.54) is 12.1 Å². The maximum Gasteiger partial charge on any atom is 0.233 e. The van der Waals surface area contributed by atoms with E-state index in [-0.39, 0.29) is 11.9 Å². The van der Waals surface area contributed by atoms with Gasteiger partial charge in [0, 0.05) is 38.8 Å². The largest absolute Gasteiger partial charge is 0.424 e. The molecule has 1 fully saturated rings. The lowest BCUT2D eigenvalue weighted by Crippen LogP contribution is -2.47. The average molecular weight is 290 g/mol. The average Bonchev–Trinajstić information content (AvgIpc) is 2.94. The smallest absolute Gasteiger partial charge is 0.233 e. The van der Waals surface area contributed by atoms with Gasteiger partial charge in [-0.15, -0.1) is 10.2 Å². The first-order valence-corrected chi connectivity index (χ1v) is 7.18. The van der Waals surface area contributed by atoms with Crippen LogP contribution in [0.4, 0.5) is 10.1 Å². The Bertz CT molecular complexity index is 590. The molecule has 0 unspecified atom stereocenters.